The van der Waals surface area contributed by atoms with Crippen LogP contribution in [0.4, 0.5) is 11.4 Å². The van der Waals surface area contributed by atoms with E-state index in [4.69, 9.17) is 24.7 Å². The van der Waals surface area contributed by atoms with Gasteiger partial charge in [0, 0.05) is 25.2 Å². The number of nitrogen functional groups attached to an aromatic ring is 1. The average Bonchev–Trinajstić information content (AvgIpc) is 2.71. The quantitative estimate of drug-likeness (QED) is 0.359. The monoisotopic (exact) mass is 464 g/mol. The van der Waals surface area contributed by atoms with E-state index in [2.05, 4.69) is 15.9 Å². The van der Waals surface area contributed by atoms with E-state index < -0.39 is 0 Å². The number of anilines is 2. The molecule has 2 aromatic carbocycles. The number of nitrogens with zero attached hydrogens (tertiary/aromatic N) is 1. The first-order valence-corrected chi connectivity index (χ1v) is 9.44. The second kappa shape index (κ2) is 9.56. The Morgan fingerprint density at radius 1 is 0.966 bits per heavy atom. The molecule has 8 heteroatoms. The van der Waals surface area contributed by atoms with Crippen LogP contribution in [0.15, 0.2) is 28.7 Å². The van der Waals surface area contributed by atoms with Gasteiger partial charge in [-0.15, -0.1) is 0 Å². The highest BCUT2D eigenvalue weighted by atomic mass is 79.9. The Bertz CT molecular complexity index is 941. The lowest BCUT2D eigenvalue weighted by molar-refractivity contribution is 0.104. The standard InChI is InChI=1S/C21H25BrN2O5/c1-24(2)16-10-12(7-8-15(16)23)18(25)14(22)9-13-11-17(26-3)20(28-5)21(29-6)19(13)27-4/h7-11H,23H2,1-6H3/b14-9+. The van der Waals surface area contributed by atoms with Gasteiger partial charge in [0.05, 0.1) is 44.3 Å². The molecule has 2 N–H and O–H groups in total. The van der Waals surface area contributed by atoms with Crippen LogP contribution in [0.1, 0.15) is 15.9 Å². The summed E-state index contributed by atoms with van der Waals surface area (Å²) in [6, 6.07) is 6.86. The number of carbonyl (C=O) groups is 1. The minimum absolute atomic E-state index is 0.205. The summed E-state index contributed by atoms with van der Waals surface area (Å²) < 4.78 is 22.0. The minimum Gasteiger partial charge on any atom is -0.493 e. The smallest absolute Gasteiger partial charge is 0.207 e. The molecule has 0 aliphatic heterocycles. The maximum absolute atomic E-state index is 13.0. The molecule has 156 valence electrons. The lowest BCUT2D eigenvalue weighted by atomic mass is 10.1. The van der Waals surface area contributed by atoms with E-state index in [1.807, 2.05) is 19.0 Å². The normalized spacial score (nSPS) is 11.1. The number of hydrogen-bond donors (Lipinski definition) is 1. The van der Waals surface area contributed by atoms with Crippen LogP contribution < -0.4 is 29.6 Å². The molecule has 29 heavy (non-hydrogen) atoms. The van der Waals surface area contributed by atoms with E-state index in [1.165, 1.54) is 28.4 Å². The van der Waals surface area contributed by atoms with Crippen LogP contribution in [0.2, 0.25) is 0 Å². The molecule has 0 aromatic heterocycles. The summed E-state index contributed by atoms with van der Waals surface area (Å²) in [5.74, 6) is 1.44. The van der Waals surface area contributed by atoms with Gasteiger partial charge in [-0.05, 0) is 46.3 Å². The van der Waals surface area contributed by atoms with Crippen LogP contribution in [0.3, 0.4) is 0 Å². The number of benzene rings is 2. The van der Waals surface area contributed by atoms with E-state index in [-0.39, 0.29) is 5.78 Å². The predicted octanol–water partition coefficient (Wildman–Crippen LogP) is 3.99. The number of ether oxygens (including phenoxy) is 4. The highest BCUT2D eigenvalue weighted by molar-refractivity contribution is 9.12. The molecule has 0 heterocycles. The molecule has 0 saturated carbocycles. The van der Waals surface area contributed by atoms with Crippen LogP contribution in [-0.2, 0) is 0 Å². The van der Waals surface area contributed by atoms with Crippen molar-refractivity contribution in [1.29, 1.82) is 0 Å². The molecule has 0 bridgehead atoms. The molecule has 2 aromatic rings. The zero-order valence-electron chi connectivity index (χ0n) is 17.3. The van der Waals surface area contributed by atoms with Gasteiger partial charge in [-0.3, -0.25) is 4.79 Å². The Balaban J connectivity index is 2.56. The zero-order valence-corrected chi connectivity index (χ0v) is 18.9. The van der Waals surface area contributed by atoms with Crippen molar-refractivity contribution in [2.75, 3.05) is 53.2 Å². The van der Waals surface area contributed by atoms with Gasteiger partial charge >= 0.3 is 0 Å². The van der Waals surface area contributed by atoms with Gasteiger partial charge in [0.1, 0.15) is 0 Å². The van der Waals surface area contributed by atoms with Crippen LogP contribution in [0, 0.1) is 0 Å². The molecule has 0 aliphatic carbocycles. The van der Waals surface area contributed by atoms with Crippen LogP contribution >= 0.6 is 15.9 Å². The predicted molar refractivity (Wildman–Crippen MR) is 119 cm³/mol. The Morgan fingerprint density at radius 2 is 1.59 bits per heavy atom. The Labute approximate surface area is 179 Å². The number of hydrogen-bond acceptors (Lipinski definition) is 7. The van der Waals surface area contributed by atoms with Crippen molar-refractivity contribution in [1.82, 2.24) is 0 Å². The molecule has 0 radical (unpaired) electrons. The third-order valence-corrected chi connectivity index (χ3v) is 4.88. The molecule has 0 unspecified atom stereocenters. The van der Waals surface area contributed by atoms with Gasteiger partial charge in [0.25, 0.3) is 0 Å². The second-order valence-corrected chi connectivity index (χ2v) is 7.11. The van der Waals surface area contributed by atoms with Crippen molar-refractivity contribution < 1.29 is 23.7 Å². The van der Waals surface area contributed by atoms with Crippen molar-refractivity contribution in [3.63, 3.8) is 0 Å². The largest absolute Gasteiger partial charge is 0.493 e. The fourth-order valence-electron chi connectivity index (χ4n) is 2.88. The maximum Gasteiger partial charge on any atom is 0.207 e. The number of nitrogens with two attached hydrogens (primary N) is 1. The number of carbonyl (C=O) groups excluding carboxylic acids is 1. The Hall–Kier alpha value is -2.87. The van der Waals surface area contributed by atoms with Gasteiger partial charge in [-0.1, -0.05) is 0 Å². The molecular formula is C21H25BrN2O5. The number of Topliss-reactive ketones (excluding diaryl/α,β-unsaturated/α-hetero) is 1. The molecule has 2 rings (SSSR count). The summed E-state index contributed by atoms with van der Waals surface area (Å²) in [7, 11) is 9.79. The van der Waals surface area contributed by atoms with Crippen molar-refractivity contribution >= 4 is 39.2 Å². The Kier molecular flexibility index (Phi) is 7.39. The molecule has 0 amide bonds. The van der Waals surface area contributed by atoms with Gasteiger partial charge in [0.2, 0.25) is 11.5 Å². The van der Waals surface area contributed by atoms with Gasteiger partial charge in [-0.2, -0.15) is 0 Å². The summed E-state index contributed by atoms with van der Waals surface area (Å²) in [4.78, 5) is 14.8. The molecular weight excluding hydrogens is 440 g/mol. The SMILES string of the molecule is COc1cc(/C=C(/Br)C(=O)c2ccc(N)c(N(C)C)c2)c(OC)c(OC)c1OC. The van der Waals surface area contributed by atoms with E-state index in [0.717, 1.165) is 5.69 Å². The highest BCUT2D eigenvalue weighted by Gasteiger charge is 2.22. The van der Waals surface area contributed by atoms with Crippen LogP contribution in [-0.4, -0.2) is 48.3 Å². The lowest BCUT2D eigenvalue weighted by Gasteiger charge is -2.18. The van der Waals surface area contributed by atoms with Gasteiger partial charge in [-0.25, -0.2) is 0 Å². The number of ketones is 1. The zero-order chi connectivity index (χ0) is 21.7. The third-order valence-electron chi connectivity index (χ3n) is 4.29. The third kappa shape index (κ3) is 4.59. The average molecular weight is 465 g/mol. The van der Waals surface area contributed by atoms with E-state index in [9.17, 15) is 4.79 Å². The summed E-state index contributed by atoms with van der Waals surface area (Å²) in [5.41, 5.74) is 8.43. The first-order chi connectivity index (χ1) is 13.8. The van der Waals surface area contributed by atoms with Crippen LogP contribution in [0.25, 0.3) is 6.08 Å². The van der Waals surface area contributed by atoms with Crippen molar-refractivity contribution in [2.24, 2.45) is 0 Å². The van der Waals surface area contributed by atoms with Crippen molar-refractivity contribution in [2.45, 2.75) is 0 Å². The topological polar surface area (TPSA) is 83.3 Å². The number of rotatable bonds is 8. The number of halogens is 1. The fourth-order valence-corrected chi connectivity index (χ4v) is 3.35. The number of methoxy groups -OCH3 is 4. The van der Waals surface area contributed by atoms with Gasteiger partial charge in [0.15, 0.2) is 17.3 Å². The lowest BCUT2D eigenvalue weighted by Crippen LogP contribution is -2.12. The first-order valence-electron chi connectivity index (χ1n) is 8.64. The van der Waals surface area contributed by atoms with Gasteiger partial charge < -0.3 is 29.6 Å². The van der Waals surface area contributed by atoms with Crippen LogP contribution in [0.5, 0.6) is 23.0 Å². The molecule has 0 saturated heterocycles. The Morgan fingerprint density at radius 3 is 2.10 bits per heavy atom. The highest BCUT2D eigenvalue weighted by Crippen LogP contribution is 2.47. The van der Waals surface area contributed by atoms with E-state index in [1.54, 1.807) is 30.3 Å². The number of allylic oxidation sites excluding steroid dienone is 1. The fraction of sp³-hybridized carbons (Fsp3) is 0.286. The van der Waals surface area contributed by atoms with Crippen molar-refractivity contribution in [3.8, 4) is 23.0 Å². The molecule has 7 nitrogen and oxygen atoms in total. The van der Waals surface area contributed by atoms with Crippen molar-refractivity contribution in [3.05, 3.63) is 39.9 Å². The molecule has 0 spiro atoms. The maximum atomic E-state index is 13.0. The second-order valence-electron chi connectivity index (χ2n) is 6.26. The molecule has 0 atom stereocenters. The van der Waals surface area contributed by atoms with E-state index >= 15 is 0 Å². The first kappa shape index (κ1) is 22.4. The molecule has 0 fully saturated rings. The summed E-state index contributed by atoms with van der Waals surface area (Å²) >= 11 is 3.39. The minimum atomic E-state index is -0.205. The summed E-state index contributed by atoms with van der Waals surface area (Å²) in [6.45, 7) is 0. The molecule has 0 aliphatic rings. The summed E-state index contributed by atoms with van der Waals surface area (Å²) in [5, 5.41) is 0. The van der Waals surface area contributed by atoms with E-state index in [0.29, 0.717) is 44.3 Å². The summed E-state index contributed by atoms with van der Waals surface area (Å²) in [6.07, 6.45) is 1.65.